The third-order valence-electron chi connectivity index (χ3n) is 6.01. The lowest BCUT2D eigenvalue weighted by molar-refractivity contribution is -0.121. The highest BCUT2D eigenvalue weighted by Gasteiger charge is 2.30. The van der Waals surface area contributed by atoms with Crippen molar-refractivity contribution in [2.45, 2.75) is 44.7 Å². The molecule has 1 aliphatic carbocycles. The zero-order chi connectivity index (χ0) is 22.0. The summed E-state index contributed by atoms with van der Waals surface area (Å²) in [6.45, 7) is 9.11. The smallest absolute Gasteiger partial charge is 0.253 e. The van der Waals surface area contributed by atoms with Gasteiger partial charge in [0.15, 0.2) is 0 Å². The molecule has 1 aliphatic rings. The van der Waals surface area contributed by atoms with Crippen molar-refractivity contribution in [3.05, 3.63) is 59.6 Å². The number of hydrogen-bond donors (Lipinski definition) is 2. The van der Waals surface area contributed by atoms with E-state index in [1.165, 1.54) is 0 Å². The quantitative estimate of drug-likeness (QED) is 0.610. The molecule has 0 saturated heterocycles. The molecule has 31 heavy (non-hydrogen) atoms. The summed E-state index contributed by atoms with van der Waals surface area (Å²) in [6, 6.07) is 11.5. The molecule has 2 N–H and O–H groups in total. The second-order valence-corrected chi connectivity index (χ2v) is 7.96. The Labute approximate surface area is 181 Å². The molecular formula is C24H25N5O2. The van der Waals surface area contributed by atoms with Gasteiger partial charge < -0.3 is 15.2 Å². The number of H-pyrrole nitrogens is 1. The van der Waals surface area contributed by atoms with Crippen molar-refractivity contribution in [1.29, 1.82) is 0 Å². The van der Waals surface area contributed by atoms with E-state index >= 15 is 0 Å². The number of benzene rings is 1. The van der Waals surface area contributed by atoms with E-state index in [-0.39, 0.29) is 23.9 Å². The van der Waals surface area contributed by atoms with Crippen LogP contribution >= 0.6 is 0 Å². The summed E-state index contributed by atoms with van der Waals surface area (Å²) < 4.78 is 0. The first-order valence-corrected chi connectivity index (χ1v) is 10.5. The molecule has 2 heterocycles. The first-order chi connectivity index (χ1) is 15.0. The molecule has 2 amide bonds. The minimum Gasteiger partial charge on any atom is -0.371 e. The number of fused-ring (bicyclic) bond motifs is 1. The van der Waals surface area contributed by atoms with Gasteiger partial charge in [0.1, 0.15) is 0 Å². The molecule has 2 atom stereocenters. The van der Waals surface area contributed by atoms with E-state index in [0.717, 1.165) is 36.0 Å². The van der Waals surface area contributed by atoms with Crippen LogP contribution in [0.3, 0.4) is 0 Å². The molecule has 1 fully saturated rings. The number of aromatic amines is 1. The maximum Gasteiger partial charge on any atom is 0.253 e. The maximum absolute atomic E-state index is 13.0. The van der Waals surface area contributed by atoms with Crippen LogP contribution in [0, 0.1) is 6.57 Å². The number of carbonyl (C=O) groups excluding carboxylic acids is 2. The van der Waals surface area contributed by atoms with Gasteiger partial charge in [0.2, 0.25) is 11.6 Å². The fraction of sp³-hybridized carbons (Fsp3) is 0.333. The Morgan fingerprint density at radius 2 is 2.00 bits per heavy atom. The molecule has 4 rings (SSSR count). The number of hydrogen-bond acceptors (Lipinski definition) is 3. The molecule has 1 saturated carbocycles. The molecule has 0 unspecified atom stereocenters. The topological polar surface area (TPSA) is 82.5 Å². The second-order valence-electron chi connectivity index (χ2n) is 7.96. The van der Waals surface area contributed by atoms with Gasteiger partial charge in [-0.25, -0.2) is 4.85 Å². The zero-order valence-corrected chi connectivity index (χ0v) is 17.7. The average Bonchev–Trinajstić information content (AvgIpc) is 3.44. The normalized spacial score (nSPS) is 18.0. The Balaban J connectivity index is 1.46. The summed E-state index contributed by atoms with van der Waals surface area (Å²) in [4.78, 5) is 37.6. The number of aromatic nitrogens is 2. The fourth-order valence-corrected chi connectivity index (χ4v) is 4.15. The standard InChI is InChI=1S/C24H25N5O2/c1-4-22(30)27-17-9-10-18(13-17)29(3)24(31)16-7-5-15(6-8-16)19-11-12-20-23(28-19)21(25-2)14-26-20/h5-8,11-12,14,17-18,26H,4,9-10,13H2,1,3H3,(H,27,30)/t17-,18+/m0/s1. The predicted octanol–water partition coefficient (Wildman–Crippen LogP) is 4.30. The van der Waals surface area contributed by atoms with Crippen LogP contribution < -0.4 is 5.32 Å². The van der Waals surface area contributed by atoms with Crippen LogP contribution in [-0.2, 0) is 4.79 Å². The van der Waals surface area contributed by atoms with Gasteiger partial charge in [0.25, 0.3) is 5.91 Å². The van der Waals surface area contributed by atoms with E-state index in [9.17, 15) is 9.59 Å². The van der Waals surface area contributed by atoms with E-state index < -0.39 is 0 Å². The van der Waals surface area contributed by atoms with Gasteiger partial charge in [-0.2, -0.15) is 0 Å². The SMILES string of the molecule is [C-]#[N+]c1c[nH]c2ccc(-c3ccc(C(=O)N(C)[C@@H]4CC[C@H](NC(=O)CC)C4)cc3)nc12. The molecule has 2 aromatic heterocycles. The summed E-state index contributed by atoms with van der Waals surface area (Å²) in [5.41, 5.74) is 4.25. The van der Waals surface area contributed by atoms with E-state index in [0.29, 0.717) is 23.2 Å². The Bertz CT molecular complexity index is 1160. The van der Waals surface area contributed by atoms with Crippen LogP contribution in [-0.4, -0.2) is 45.8 Å². The molecule has 0 bridgehead atoms. The summed E-state index contributed by atoms with van der Waals surface area (Å²) in [5.74, 6) is 0.0357. The van der Waals surface area contributed by atoms with Gasteiger partial charge in [-0.15, -0.1) is 0 Å². The highest BCUT2D eigenvalue weighted by molar-refractivity contribution is 5.95. The molecule has 7 heteroatoms. The number of rotatable bonds is 5. The lowest BCUT2D eigenvalue weighted by Crippen LogP contribution is -2.38. The lowest BCUT2D eigenvalue weighted by atomic mass is 10.1. The van der Waals surface area contributed by atoms with Gasteiger partial charge in [-0.3, -0.25) is 14.6 Å². The number of pyridine rings is 1. The van der Waals surface area contributed by atoms with Gasteiger partial charge in [0.05, 0.1) is 23.3 Å². The van der Waals surface area contributed by atoms with Crippen molar-refractivity contribution < 1.29 is 9.59 Å². The van der Waals surface area contributed by atoms with Crippen molar-refractivity contribution in [2.24, 2.45) is 0 Å². The van der Waals surface area contributed by atoms with Crippen LogP contribution in [0.5, 0.6) is 0 Å². The average molecular weight is 415 g/mol. The zero-order valence-electron chi connectivity index (χ0n) is 17.7. The minimum atomic E-state index is -0.0247. The third kappa shape index (κ3) is 4.15. The van der Waals surface area contributed by atoms with Crippen molar-refractivity contribution in [2.75, 3.05) is 7.05 Å². The van der Waals surface area contributed by atoms with Crippen LogP contribution in [0.15, 0.2) is 42.6 Å². The Morgan fingerprint density at radius 3 is 2.71 bits per heavy atom. The van der Waals surface area contributed by atoms with E-state index in [1.54, 1.807) is 11.1 Å². The van der Waals surface area contributed by atoms with Gasteiger partial charge in [0, 0.05) is 42.9 Å². The Hall–Kier alpha value is -3.66. The van der Waals surface area contributed by atoms with Crippen molar-refractivity contribution in [1.82, 2.24) is 20.2 Å². The van der Waals surface area contributed by atoms with Crippen molar-refractivity contribution >= 4 is 28.5 Å². The Morgan fingerprint density at radius 1 is 1.23 bits per heavy atom. The Kier molecular flexibility index (Phi) is 5.72. The molecule has 3 aromatic rings. The third-order valence-corrected chi connectivity index (χ3v) is 6.01. The van der Waals surface area contributed by atoms with Gasteiger partial charge >= 0.3 is 0 Å². The van der Waals surface area contributed by atoms with Crippen LogP contribution in [0.4, 0.5) is 5.69 Å². The van der Waals surface area contributed by atoms with Crippen LogP contribution in [0.25, 0.3) is 27.1 Å². The largest absolute Gasteiger partial charge is 0.371 e. The number of carbonyl (C=O) groups is 2. The summed E-state index contributed by atoms with van der Waals surface area (Å²) >= 11 is 0. The highest BCUT2D eigenvalue weighted by atomic mass is 16.2. The van der Waals surface area contributed by atoms with Crippen LogP contribution in [0.2, 0.25) is 0 Å². The molecule has 0 radical (unpaired) electrons. The molecule has 1 aromatic carbocycles. The van der Waals surface area contributed by atoms with E-state index in [4.69, 9.17) is 6.57 Å². The number of amides is 2. The molecule has 0 aliphatic heterocycles. The first kappa shape index (κ1) is 20.6. The first-order valence-electron chi connectivity index (χ1n) is 10.5. The van der Waals surface area contributed by atoms with Gasteiger partial charge in [-0.1, -0.05) is 19.1 Å². The summed E-state index contributed by atoms with van der Waals surface area (Å²) in [6.07, 6.45) is 4.71. The predicted molar refractivity (Wildman–Crippen MR) is 120 cm³/mol. The van der Waals surface area contributed by atoms with Crippen molar-refractivity contribution in [3.63, 3.8) is 0 Å². The second kappa shape index (κ2) is 8.60. The van der Waals surface area contributed by atoms with Crippen molar-refractivity contribution in [3.8, 4) is 11.3 Å². The maximum atomic E-state index is 13.0. The fourth-order valence-electron chi connectivity index (χ4n) is 4.15. The monoisotopic (exact) mass is 415 g/mol. The highest BCUT2D eigenvalue weighted by Crippen LogP contribution is 2.28. The summed E-state index contributed by atoms with van der Waals surface area (Å²) in [5, 5.41) is 3.03. The molecule has 7 nitrogen and oxygen atoms in total. The lowest BCUT2D eigenvalue weighted by Gasteiger charge is -2.25. The van der Waals surface area contributed by atoms with E-state index in [2.05, 4.69) is 20.1 Å². The summed E-state index contributed by atoms with van der Waals surface area (Å²) in [7, 11) is 1.83. The number of nitrogens with zero attached hydrogens (tertiary/aromatic N) is 3. The van der Waals surface area contributed by atoms with Crippen LogP contribution in [0.1, 0.15) is 43.0 Å². The molecule has 158 valence electrons. The van der Waals surface area contributed by atoms with Gasteiger partial charge in [-0.05, 0) is 43.5 Å². The number of nitrogens with one attached hydrogen (secondary N) is 2. The molecular weight excluding hydrogens is 390 g/mol. The van der Waals surface area contributed by atoms with E-state index in [1.807, 2.05) is 50.4 Å². The molecule has 0 spiro atoms. The minimum absolute atomic E-state index is 0.0247.